The zero-order valence-corrected chi connectivity index (χ0v) is 23.3. The molecule has 0 aliphatic carbocycles. The molecule has 0 amide bonds. The maximum Gasteiger partial charge on any atom is 0.0106 e. The van der Waals surface area contributed by atoms with E-state index in [1.54, 1.807) is 0 Å². The van der Waals surface area contributed by atoms with Gasteiger partial charge in [0.1, 0.15) is 0 Å². The van der Waals surface area contributed by atoms with E-state index in [0.717, 1.165) is 0 Å². The molecule has 0 N–H and O–H groups in total. The Morgan fingerprint density at radius 1 is 0.281 bits per heavy atom. The van der Waals surface area contributed by atoms with Gasteiger partial charge in [0, 0.05) is 13.1 Å². The van der Waals surface area contributed by atoms with Crippen molar-refractivity contribution >= 4 is 0 Å². The van der Waals surface area contributed by atoms with Crippen LogP contribution in [0.4, 0.5) is 0 Å². The molecule has 0 atom stereocenters. The van der Waals surface area contributed by atoms with E-state index >= 15 is 0 Å². The average Bonchev–Trinajstić information content (AvgIpc) is 2.79. The quantitative estimate of drug-likeness (QED) is 0.114. The van der Waals surface area contributed by atoms with Crippen LogP contribution in [0.5, 0.6) is 0 Å². The van der Waals surface area contributed by atoms with E-state index in [9.17, 15) is 0 Å². The first-order valence-electron chi connectivity index (χ1n) is 15.1. The molecule has 0 unspecified atom stereocenters. The topological polar surface area (TPSA) is 6.48 Å². The van der Waals surface area contributed by atoms with Crippen LogP contribution in [0.2, 0.25) is 0 Å². The van der Waals surface area contributed by atoms with Gasteiger partial charge in [0.15, 0.2) is 0 Å². The molecule has 0 spiro atoms. The van der Waals surface area contributed by atoms with Gasteiger partial charge in [-0.15, -0.1) is 0 Å². The third-order valence-corrected chi connectivity index (χ3v) is 7.15. The van der Waals surface area contributed by atoms with Gasteiger partial charge in [0.25, 0.3) is 0 Å². The average molecular weight is 453 g/mol. The lowest BCUT2D eigenvalue weighted by Crippen LogP contribution is -2.32. The Labute approximate surface area is 205 Å². The fourth-order valence-corrected chi connectivity index (χ4v) is 4.66. The smallest absolute Gasteiger partial charge is 0.0106 e. The maximum absolute atomic E-state index is 2.55. The van der Waals surface area contributed by atoms with E-state index in [1.165, 1.54) is 167 Å². The summed E-state index contributed by atoms with van der Waals surface area (Å²) in [5.41, 5.74) is 0. The molecule has 0 saturated carbocycles. The summed E-state index contributed by atoms with van der Waals surface area (Å²) < 4.78 is 0. The van der Waals surface area contributed by atoms with Crippen molar-refractivity contribution in [2.75, 3.05) is 40.3 Å². The fraction of sp³-hybridized carbons (Fsp3) is 1.00. The van der Waals surface area contributed by atoms with E-state index < -0.39 is 0 Å². The highest BCUT2D eigenvalue weighted by atomic mass is 15.2. The van der Waals surface area contributed by atoms with Gasteiger partial charge in [-0.25, -0.2) is 0 Å². The molecule has 0 aromatic carbocycles. The molecular weight excluding hydrogens is 388 g/mol. The molecule has 0 saturated heterocycles. The first kappa shape index (κ1) is 31.9. The first-order valence-corrected chi connectivity index (χ1v) is 15.1. The predicted molar refractivity (Wildman–Crippen MR) is 148 cm³/mol. The molecule has 0 fully saturated rings. The van der Waals surface area contributed by atoms with Crippen molar-refractivity contribution in [2.45, 2.75) is 155 Å². The molecule has 0 bridgehead atoms. The van der Waals surface area contributed by atoms with Crippen molar-refractivity contribution in [3.63, 3.8) is 0 Å². The van der Waals surface area contributed by atoms with Crippen LogP contribution in [-0.2, 0) is 0 Å². The van der Waals surface area contributed by atoms with Crippen LogP contribution in [0.25, 0.3) is 0 Å². The van der Waals surface area contributed by atoms with E-state index in [1.807, 2.05) is 0 Å². The van der Waals surface area contributed by atoms with Crippen LogP contribution in [0.15, 0.2) is 0 Å². The molecular formula is C30H64N2. The number of nitrogens with zero attached hydrogens (tertiary/aromatic N) is 2. The minimum Gasteiger partial charge on any atom is -0.305 e. The largest absolute Gasteiger partial charge is 0.305 e. The molecule has 0 aromatic heterocycles. The number of hydrogen-bond donors (Lipinski definition) is 0. The summed E-state index contributed by atoms with van der Waals surface area (Å²) in [6.07, 6.45) is 31.7. The molecule has 0 radical (unpaired) electrons. The molecule has 32 heavy (non-hydrogen) atoms. The molecule has 2 nitrogen and oxygen atoms in total. The van der Waals surface area contributed by atoms with Crippen LogP contribution >= 0.6 is 0 Å². The molecule has 0 aliphatic heterocycles. The lowest BCUT2D eigenvalue weighted by molar-refractivity contribution is 0.249. The van der Waals surface area contributed by atoms with E-state index in [0.29, 0.717) is 0 Å². The molecule has 0 aliphatic rings. The zero-order chi connectivity index (χ0) is 23.5. The van der Waals surface area contributed by atoms with Gasteiger partial charge in [-0.05, 0) is 40.0 Å². The summed E-state index contributed by atoms with van der Waals surface area (Å²) in [4.78, 5) is 5.09. The Kier molecular flexibility index (Phi) is 27.1. The van der Waals surface area contributed by atoms with Crippen molar-refractivity contribution < 1.29 is 0 Å². The minimum atomic E-state index is 1.23. The van der Waals surface area contributed by atoms with Crippen LogP contribution in [-0.4, -0.2) is 50.1 Å². The first-order chi connectivity index (χ1) is 15.7. The van der Waals surface area contributed by atoms with Crippen LogP contribution < -0.4 is 0 Å². The van der Waals surface area contributed by atoms with E-state index in [-0.39, 0.29) is 0 Å². The maximum atomic E-state index is 2.55. The monoisotopic (exact) mass is 453 g/mol. The molecule has 2 heteroatoms. The SMILES string of the molecule is CCCCCCCCCCCCCN(C)CCN(C)CCCCCCCCCCCCC. The van der Waals surface area contributed by atoms with Gasteiger partial charge in [-0.3, -0.25) is 0 Å². The third kappa shape index (κ3) is 26.2. The predicted octanol–water partition coefficient (Wildman–Crippen LogP) is 9.47. The van der Waals surface area contributed by atoms with Crippen molar-refractivity contribution in [3.05, 3.63) is 0 Å². The van der Waals surface area contributed by atoms with Gasteiger partial charge in [-0.1, -0.05) is 142 Å². The van der Waals surface area contributed by atoms with Crippen molar-refractivity contribution in [3.8, 4) is 0 Å². The summed E-state index contributed by atoms with van der Waals surface area (Å²) in [5, 5.41) is 0. The van der Waals surface area contributed by atoms with Gasteiger partial charge in [0.2, 0.25) is 0 Å². The van der Waals surface area contributed by atoms with Crippen LogP contribution in [0, 0.1) is 0 Å². The van der Waals surface area contributed by atoms with Gasteiger partial charge < -0.3 is 9.80 Å². The van der Waals surface area contributed by atoms with Crippen molar-refractivity contribution in [1.29, 1.82) is 0 Å². The Morgan fingerprint density at radius 2 is 0.500 bits per heavy atom. The molecule has 194 valence electrons. The van der Waals surface area contributed by atoms with Crippen molar-refractivity contribution in [2.24, 2.45) is 0 Å². The standard InChI is InChI=1S/C30H64N2/c1-5-7-9-11-13-15-17-19-21-23-25-27-31(3)29-30-32(4)28-26-24-22-20-18-16-14-12-10-8-6-2/h5-30H2,1-4H3. The summed E-state index contributed by atoms with van der Waals surface area (Å²) in [6, 6.07) is 0. The summed E-state index contributed by atoms with van der Waals surface area (Å²) in [6.45, 7) is 9.62. The van der Waals surface area contributed by atoms with Crippen LogP contribution in [0.1, 0.15) is 155 Å². The molecule has 0 rings (SSSR count). The normalized spacial score (nSPS) is 11.8. The van der Waals surface area contributed by atoms with E-state index in [4.69, 9.17) is 0 Å². The lowest BCUT2D eigenvalue weighted by Gasteiger charge is -2.22. The Balaban J connectivity index is 3.28. The number of hydrogen-bond acceptors (Lipinski definition) is 2. The summed E-state index contributed by atoms with van der Waals surface area (Å²) in [7, 11) is 4.62. The summed E-state index contributed by atoms with van der Waals surface area (Å²) in [5.74, 6) is 0. The molecule has 0 heterocycles. The number of likely N-dealkylation sites (N-methyl/N-ethyl adjacent to an activating group) is 2. The zero-order valence-electron chi connectivity index (χ0n) is 23.3. The molecule has 0 aromatic rings. The second kappa shape index (κ2) is 27.2. The summed E-state index contributed by atoms with van der Waals surface area (Å²) >= 11 is 0. The highest BCUT2D eigenvalue weighted by Gasteiger charge is 2.03. The Hall–Kier alpha value is -0.0800. The Morgan fingerprint density at radius 3 is 0.750 bits per heavy atom. The number of rotatable bonds is 27. The van der Waals surface area contributed by atoms with Crippen molar-refractivity contribution in [1.82, 2.24) is 9.80 Å². The second-order valence-corrected chi connectivity index (χ2v) is 10.7. The van der Waals surface area contributed by atoms with E-state index in [2.05, 4.69) is 37.7 Å². The van der Waals surface area contributed by atoms with Gasteiger partial charge >= 0.3 is 0 Å². The Bertz CT molecular complexity index is 299. The minimum absolute atomic E-state index is 1.23. The highest BCUT2D eigenvalue weighted by Crippen LogP contribution is 2.12. The lowest BCUT2D eigenvalue weighted by atomic mass is 10.1. The van der Waals surface area contributed by atoms with Gasteiger partial charge in [-0.2, -0.15) is 0 Å². The van der Waals surface area contributed by atoms with Crippen LogP contribution in [0.3, 0.4) is 0 Å². The highest BCUT2D eigenvalue weighted by molar-refractivity contribution is 4.59. The third-order valence-electron chi connectivity index (χ3n) is 7.15. The fourth-order valence-electron chi connectivity index (χ4n) is 4.66. The number of unbranched alkanes of at least 4 members (excludes halogenated alkanes) is 20. The van der Waals surface area contributed by atoms with Gasteiger partial charge in [0.05, 0.1) is 0 Å². The second-order valence-electron chi connectivity index (χ2n) is 10.7.